The number of carbonyl (C=O) groups excluding carboxylic acids is 2. The highest BCUT2D eigenvalue weighted by atomic mass is 79.9. The number of ether oxygens (including phenoxy) is 1. The van der Waals surface area contributed by atoms with Crippen molar-refractivity contribution in [3.8, 4) is 5.75 Å². The van der Waals surface area contributed by atoms with E-state index in [1.807, 2.05) is 55.5 Å². The van der Waals surface area contributed by atoms with E-state index in [1.165, 1.54) is 4.90 Å². The topological polar surface area (TPSA) is 46.6 Å². The molecule has 1 aliphatic heterocycles. The first-order chi connectivity index (χ1) is 15.8. The lowest BCUT2D eigenvalue weighted by Crippen LogP contribution is -2.27. The van der Waals surface area contributed by atoms with Crippen LogP contribution in [0.5, 0.6) is 5.75 Å². The highest BCUT2D eigenvalue weighted by Crippen LogP contribution is 2.36. The van der Waals surface area contributed by atoms with Gasteiger partial charge in [0.15, 0.2) is 0 Å². The van der Waals surface area contributed by atoms with Crippen LogP contribution in [0.1, 0.15) is 22.3 Å². The van der Waals surface area contributed by atoms with Crippen LogP contribution in [0, 0.1) is 6.92 Å². The SMILES string of the molecule is Cc1ccc(CN2C(=O)S/C(=C\c3cc(Br)ccc3OCc3ccc(Cl)c(Cl)c3)C2=O)cc1. The Hall–Kier alpha value is -2.25. The number of amides is 2. The molecule has 0 saturated carbocycles. The van der Waals surface area contributed by atoms with E-state index in [9.17, 15) is 9.59 Å². The molecular weight excluding hydrogens is 545 g/mol. The van der Waals surface area contributed by atoms with Crippen LogP contribution in [0.2, 0.25) is 10.0 Å². The van der Waals surface area contributed by atoms with Crippen LogP contribution < -0.4 is 4.74 Å². The normalized spacial score (nSPS) is 14.9. The van der Waals surface area contributed by atoms with Gasteiger partial charge in [0, 0.05) is 10.0 Å². The quantitative estimate of drug-likeness (QED) is 0.287. The zero-order valence-corrected chi connectivity index (χ0v) is 21.4. The van der Waals surface area contributed by atoms with Crippen LogP contribution >= 0.6 is 50.9 Å². The van der Waals surface area contributed by atoms with E-state index in [0.717, 1.165) is 32.9 Å². The molecule has 168 valence electrons. The van der Waals surface area contributed by atoms with Gasteiger partial charge in [0.2, 0.25) is 0 Å². The average molecular weight is 563 g/mol. The summed E-state index contributed by atoms with van der Waals surface area (Å²) >= 11 is 16.5. The van der Waals surface area contributed by atoms with E-state index in [1.54, 1.807) is 18.2 Å². The molecule has 4 nitrogen and oxygen atoms in total. The van der Waals surface area contributed by atoms with E-state index in [0.29, 0.717) is 26.3 Å². The molecule has 2 amide bonds. The van der Waals surface area contributed by atoms with Gasteiger partial charge in [-0.15, -0.1) is 0 Å². The Balaban J connectivity index is 1.54. The van der Waals surface area contributed by atoms with E-state index in [2.05, 4.69) is 15.9 Å². The predicted octanol–water partition coefficient (Wildman–Crippen LogP) is 7.88. The summed E-state index contributed by atoms with van der Waals surface area (Å²) in [7, 11) is 0. The summed E-state index contributed by atoms with van der Waals surface area (Å²) in [5, 5.41) is 0.641. The summed E-state index contributed by atoms with van der Waals surface area (Å²) in [6.07, 6.45) is 1.69. The maximum atomic E-state index is 13.0. The molecule has 3 aromatic carbocycles. The molecule has 8 heteroatoms. The average Bonchev–Trinajstić information content (AvgIpc) is 3.04. The van der Waals surface area contributed by atoms with Gasteiger partial charge < -0.3 is 4.74 Å². The lowest BCUT2D eigenvalue weighted by molar-refractivity contribution is -0.123. The molecule has 3 aromatic rings. The third-order valence-electron chi connectivity index (χ3n) is 4.97. The smallest absolute Gasteiger partial charge is 0.293 e. The molecule has 1 aliphatic rings. The minimum atomic E-state index is -0.319. The monoisotopic (exact) mass is 561 g/mol. The summed E-state index contributed by atoms with van der Waals surface area (Å²) in [4.78, 5) is 27.1. The first kappa shape index (κ1) is 23.9. The summed E-state index contributed by atoms with van der Waals surface area (Å²) < 4.78 is 6.82. The second-order valence-corrected chi connectivity index (χ2v) is 10.2. The van der Waals surface area contributed by atoms with Crippen molar-refractivity contribution in [2.24, 2.45) is 0 Å². The number of halogens is 3. The molecule has 1 fully saturated rings. The number of hydrogen-bond donors (Lipinski definition) is 0. The number of carbonyl (C=O) groups is 2. The predicted molar refractivity (Wildman–Crippen MR) is 138 cm³/mol. The van der Waals surface area contributed by atoms with Crippen LogP contribution in [0.25, 0.3) is 6.08 Å². The summed E-state index contributed by atoms with van der Waals surface area (Å²) in [5.74, 6) is 0.260. The minimum Gasteiger partial charge on any atom is -0.488 e. The van der Waals surface area contributed by atoms with E-state index in [4.69, 9.17) is 27.9 Å². The van der Waals surface area contributed by atoms with Gasteiger partial charge in [-0.3, -0.25) is 14.5 Å². The molecule has 33 heavy (non-hydrogen) atoms. The fourth-order valence-electron chi connectivity index (χ4n) is 3.21. The second kappa shape index (κ2) is 10.3. The van der Waals surface area contributed by atoms with Gasteiger partial charge in [-0.2, -0.15) is 0 Å². The van der Waals surface area contributed by atoms with E-state index >= 15 is 0 Å². The first-order valence-electron chi connectivity index (χ1n) is 9.97. The fourth-order valence-corrected chi connectivity index (χ4v) is 4.74. The summed E-state index contributed by atoms with van der Waals surface area (Å²) in [5.41, 5.74) is 3.56. The van der Waals surface area contributed by atoms with Gasteiger partial charge in [-0.25, -0.2) is 0 Å². The number of nitrogens with zero attached hydrogens (tertiary/aromatic N) is 1. The van der Waals surface area contributed by atoms with Crippen LogP contribution in [0.4, 0.5) is 4.79 Å². The van der Waals surface area contributed by atoms with Crippen LogP contribution in [0.3, 0.4) is 0 Å². The Labute approximate surface area is 214 Å². The van der Waals surface area contributed by atoms with Crippen molar-refractivity contribution in [3.05, 3.63) is 102 Å². The molecule has 0 unspecified atom stereocenters. The summed E-state index contributed by atoms with van der Waals surface area (Å²) in [6, 6.07) is 18.6. The number of thioether (sulfide) groups is 1. The van der Waals surface area contributed by atoms with Gasteiger partial charge in [-0.1, -0.05) is 75.0 Å². The number of rotatable bonds is 6. The zero-order valence-electron chi connectivity index (χ0n) is 17.5. The maximum Gasteiger partial charge on any atom is 0.293 e. The standard InChI is InChI=1S/C25H18BrCl2NO3S/c1-15-2-4-16(5-3-15)13-29-24(30)23(33-25(29)31)12-18-11-19(26)7-9-22(18)32-14-17-6-8-20(27)21(28)10-17/h2-12H,13-14H2,1H3/b23-12-. The van der Waals surface area contributed by atoms with Crippen molar-refractivity contribution in [2.75, 3.05) is 0 Å². The minimum absolute atomic E-state index is 0.238. The molecule has 0 aliphatic carbocycles. The van der Waals surface area contributed by atoms with Crippen LogP contribution in [-0.4, -0.2) is 16.0 Å². The molecule has 0 atom stereocenters. The Morgan fingerprint density at radius 2 is 1.70 bits per heavy atom. The van der Waals surface area contributed by atoms with Crippen molar-refractivity contribution in [1.82, 2.24) is 4.90 Å². The maximum absolute atomic E-state index is 13.0. The van der Waals surface area contributed by atoms with Crippen molar-refractivity contribution < 1.29 is 14.3 Å². The molecule has 0 radical (unpaired) electrons. The van der Waals surface area contributed by atoms with Gasteiger partial charge in [0.1, 0.15) is 12.4 Å². The van der Waals surface area contributed by atoms with Gasteiger partial charge in [0.25, 0.3) is 11.1 Å². The van der Waals surface area contributed by atoms with Crippen molar-refractivity contribution in [1.29, 1.82) is 0 Å². The highest BCUT2D eigenvalue weighted by Gasteiger charge is 2.35. The molecule has 0 bridgehead atoms. The van der Waals surface area contributed by atoms with Crippen molar-refractivity contribution >= 4 is 68.1 Å². The molecule has 1 heterocycles. The largest absolute Gasteiger partial charge is 0.488 e. The second-order valence-electron chi connectivity index (χ2n) is 7.47. The third kappa shape index (κ3) is 5.82. The molecular formula is C25H18BrCl2NO3S. The zero-order chi connectivity index (χ0) is 23.5. The molecule has 0 N–H and O–H groups in total. The number of hydrogen-bond acceptors (Lipinski definition) is 4. The lowest BCUT2D eigenvalue weighted by atomic mass is 10.1. The lowest BCUT2D eigenvalue weighted by Gasteiger charge is -2.13. The van der Waals surface area contributed by atoms with Gasteiger partial charge >= 0.3 is 0 Å². The van der Waals surface area contributed by atoms with Crippen LogP contribution in [0.15, 0.2) is 70.0 Å². The Bertz CT molecular complexity index is 1260. The van der Waals surface area contributed by atoms with Crippen molar-refractivity contribution in [2.45, 2.75) is 20.1 Å². The number of imide groups is 1. The third-order valence-corrected chi connectivity index (χ3v) is 7.11. The van der Waals surface area contributed by atoms with Crippen LogP contribution in [-0.2, 0) is 17.9 Å². The Morgan fingerprint density at radius 3 is 2.42 bits per heavy atom. The Kier molecular flexibility index (Phi) is 7.49. The summed E-state index contributed by atoms with van der Waals surface area (Å²) in [6.45, 7) is 2.50. The van der Waals surface area contributed by atoms with E-state index in [-0.39, 0.29) is 24.3 Å². The molecule has 1 saturated heterocycles. The first-order valence-corrected chi connectivity index (χ1v) is 12.3. The fraction of sp³-hybridized carbons (Fsp3) is 0.120. The van der Waals surface area contributed by atoms with Crippen molar-refractivity contribution in [3.63, 3.8) is 0 Å². The molecule has 0 aromatic heterocycles. The molecule has 4 rings (SSSR count). The highest BCUT2D eigenvalue weighted by molar-refractivity contribution is 9.10. The number of benzene rings is 3. The number of aryl methyl sites for hydroxylation is 1. The molecule has 0 spiro atoms. The van der Waals surface area contributed by atoms with Gasteiger partial charge in [0.05, 0.1) is 21.5 Å². The van der Waals surface area contributed by atoms with E-state index < -0.39 is 0 Å². The van der Waals surface area contributed by atoms with Gasteiger partial charge in [-0.05, 0) is 66.2 Å². The Morgan fingerprint density at radius 1 is 0.970 bits per heavy atom.